The molecule has 2 atom stereocenters. The number of nitrogens with one attached hydrogen (secondary N) is 1. The molecule has 0 amide bonds. The van der Waals surface area contributed by atoms with E-state index in [1.807, 2.05) is 0 Å². The van der Waals surface area contributed by atoms with Crippen LogP contribution in [0.4, 0.5) is 0 Å². The van der Waals surface area contributed by atoms with Crippen LogP contribution in [0.3, 0.4) is 0 Å². The third-order valence-corrected chi connectivity index (χ3v) is 4.20. The lowest BCUT2D eigenvalue weighted by atomic mass is 9.92. The van der Waals surface area contributed by atoms with Gasteiger partial charge in [-0.25, -0.2) is 0 Å². The van der Waals surface area contributed by atoms with Crippen LogP contribution in [0.25, 0.3) is 0 Å². The molecule has 1 aliphatic rings. The van der Waals surface area contributed by atoms with Crippen LogP contribution in [-0.2, 0) is 13.1 Å². The van der Waals surface area contributed by atoms with Crippen LogP contribution in [-0.4, -0.2) is 23.5 Å². The Morgan fingerprint density at radius 2 is 1.86 bits per heavy atom. The molecule has 3 heteroatoms. The Morgan fingerprint density at radius 3 is 2.43 bits per heavy atom. The number of nitrogens with zero attached hydrogens (tertiary/aromatic N) is 1. The van der Waals surface area contributed by atoms with E-state index in [2.05, 4.69) is 57.8 Å². The Bertz CT molecular complexity index is 448. The molecule has 120 valence electrons. The fraction of sp³-hybridized carbons (Fsp3) is 0.778. The van der Waals surface area contributed by atoms with Crippen LogP contribution in [0, 0.1) is 18.8 Å². The zero-order valence-electron chi connectivity index (χ0n) is 14.6. The standard InChI is InChI=1S/C18H32N2O/c1-13-7-14(2)11-20(10-13)12-17-8-16(15(3)21-17)9-19-18(4,5)6/h8,13-14,19H,7,9-12H2,1-6H3. The van der Waals surface area contributed by atoms with Crippen molar-refractivity contribution in [3.63, 3.8) is 0 Å². The molecule has 1 fully saturated rings. The highest BCUT2D eigenvalue weighted by Crippen LogP contribution is 2.24. The topological polar surface area (TPSA) is 28.4 Å². The third kappa shape index (κ3) is 5.15. The van der Waals surface area contributed by atoms with Crippen LogP contribution in [0.2, 0.25) is 0 Å². The summed E-state index contributed by atoms with van der Waals surface area (Å²) in [6.07, 6.45) is 1.36. The molecule has 0 radical (unpaired) electrons. The van der Waals surface area contributed by atoms with Gasteiger partial charge in [0.1, 0.15) is 11.5 Å². The summed E-state index contributed by atoms with van der Waals surface area (Å²) >= 11 is 0. The molecular formula is C18H32N2O. The van der Waals surface area contributed by atoms with Gasteiger partial charge in [0.15, 0.2) is 0 Å². The van der Waals surface area contributed by atoms with Crippen molar-refractivity contribution >= 4 is 0 Å². The summed E-state index contributed by atoms with van der Waals surface area (Å²) in [4.78, 5) is 2.54. The predicted octanol–water partition coefficient (Wildman–Crippen LogP) is 3.95. The van der Waals surface area contributed by atoms with Crippen molar-refractivity contribution in [2.45, 2.75) is 66.6 Å². The average Bonchev–Trinajstić information content (AvgIpc) is 2.64. The molecular weight excluding hydrogens is 260 g/mol. The van der Waals surface area contributed by atoms with E-state index in [1.54, 1.807) is 0 Å². The van der Waals surface area contributed by atoms with E-state index in [1.165, 1.54) is 25.1 Å². The van der Waals surface area contributed by atoms with Gasteiger partial charge in [-0.15, -0.1) is 0 Å². The highest BCUT2D eigenvalue weighted by Gasteiger charge is 2.23. The zero-order chi connectivity index (χ0) is 15.6. The highest BCUT2D eigenvalue weighted by molar-refractivity contribution is 5.21. The molecule has 1 aromatic rings. The van der Waals surface area contributed by atoms with E-state index in [9.17, 15) is 0 Å². The fourth-order valence-corrected chi connectivity index (χ4v) is 3.34. The summed E-state index contributed by atoms with van der Waals surface area (Å²) in [5.74, 6) is 3.76. The highest BCUT2D eigenvalue weighted by atomic mass is 16.3. The van der Waals surface area contributed by atoms with Gasteiger partial charge < -0.3 is 9.73 Å². The minimum atomic E-state index is 0.140. The van der Waals surface area contributed by atoms with Gasteiger partial charge in [0.25, 0.3) is 0 Å². The van der Waals surface area contributed by atoms with Crippen molar-refractivity contribution in [3.05, 3.63) is 23.2 Å². The van der Waals surface area contributed by atoms with Crippen LogP contribution < -0.4 is 5.32 Å². The number of likely N-dealkylation sites (tertiary alicyclic amines) is 1. The van der Waals surface area contributed by atoms with Crippen LogP contribution in [0.5, 0.6) is 0 Å². The number of furan rings is 1. The Labute approximate surface area is 130 Å². The minimum absolute atomic E-state index is 0.140. The first-order chi connectivity index (χ1) is 9.73. The largest absolute Gasteiger partial charge is 0.465 e. The molecule has 2 heterocycles. The van der Waals surface area contributed by atoms with E-state index in [-0.39, 0.29) is 5.54 Å². The van der Waals surface area contributed by atoms with E-state index in [4.69, 9.17) is 4.42 Å². The molecule has 0 saturated carbocycles. The molecule has 1 N–H and O–H groups in total. The molecule has 1 aliphatic heterocycles. The summed E-state index contributed by atoms with van der Waals surface area (Å²) in [5, 5.41) is 3.54. The van der Waals surface area contributed by atoms with Crippen molar-refractivity contribution in [1.82, 2.24) is 10.2 Å². The van der Waals surface area contributed by atoms with Crippen molar-refractivity contribution in [2.24, 2.45) is 11.8 Å². The van der Waals surface area contributed by atoms with E-state index >= 15 is 0 Å². The number of aryl methyl sites for hydroxylation is 1. The van der Waals surface area contributed by atoms with Gasteiger partial charge >= 0.3 is 0 Å². The van der Waals surface area contributed by atoms with Crippen molar-refractivity contribution < 1.29 is 4.42 Å². The van der Waals surface area contributed by atoms with Crippen LogP contribution in [0.1, 0.15) is 58.1 Å². The first-order valence-electron chi connectivity index (χ1n) is 8.28. The summed E-state index contributed by atoms with van der Waals surface area (Å²) in [5.41, 5.74) is 1.43. The van der Waals surface area contributed by atoms with Crippen molar-refractivity contribution in [3.8, 4) is 0 Å². The Balaban J connectivity index is 1.95. The molecule has 21 heavy (non-hydrogen) atoms. The smallest absolute Gasteiger partial charge is 0.118 e. The number of rotatable bonds is 4. The van der Waals surface area contributed by atoms with Gasteiger partial charge in [0.05, 0.1) is 6.54 Å². The molecule has 1 aromatic heterocycles. The molecule has 0 bridgehead atoms. The maximum atomic E-state index is 5.97. The molecule has 0 aromatic carbocycles. The maximum absolute atomic E-state index is 5.97. The molecule has 0 spiro atoms. The first kappa shape index (κ1) is 16.6. The van der Waals surface area contributed by atoms with Crippen molar-refractivity contribution in [2.75, 3.05) is 13.1 Å². The van der Waals surface area contributed by atoms with Crippen LogP contribution >= 0.6 is 0 Å². The third-order valence-electron chi connectivity index (χ3n) is 4.20. The summed E-state index contributed by atoms with van der Waals surface area (Å²) in [6, 6.07) is 2.23. The fourth-order valence-electron chi connectivity index (χ4n) is 3.34. The normalized spacial score (nSPS) is 24.5. The van der Waals surface area contributed by atoms with E-state index in [0.29, 0.717) is 0 Å². The lowest BCUT2D eigenvalue weighted by Crippen LogP contribution is -2.38. The quantitative estimate of drug-likeness (QED) is 0.910. The predicted molar refractivity (Wildman–Crippen MR) is 88.3 cm³/mol. The summed E-state index contributed by atoms with van der Waals surface area (Å²) in [7, 11) is 0. The monoisotopic (exact) mass is 292 g/mol. The zero-order valence-corrected chi connectivity index (χ0v) is 14.6. The Morgan fingerprint density at radius 1 is 1.24 bits per heavy atom. The number of piperidine rings is 1. The second kappa shape index (κ2) is 6.53. The molecule has 1 saturated heterocycles. The SMILES string of the molecule is Cc1oc(CN2CC(C)CC(C)C2)cc1CNC(C)(C)C. The maximum Gasteiger partial charge on any atom is 0.118 e. The molecule has 3 nitrogen and oxygen atoms in total. The Hall–Kier alpha value is -0.800. The number of hydrogen-bond donors (Lipinski definition) is 1. The van der Waals surface area contributed by atoms with E-state index < -0.39 is 0 Å². The number of hydrogen-bond acceptors (Lipinski definition) is 3. The van der Waals surface area contributed by atoms with E-state index in [0.717, 1.165) is 36.4 Å². The first-order valence-corrected chi connectivity index (χ1v) is 8.28. The van der Waals surface area contributed by atoms with Gasteiger partial charge in [-0.1, -0.05) is 13.8 Å². The van der Waals surface area contributed by atoms with Gasteiger partial charge in [-0.3, -0.25) is 4.90 Å². The Kier molecular flexibility index (Phi) is 5.15. The van der Waals surface area contributed by atoms with Crippen molar-refractivity contribution in [1.29, 1.82) is 0 Å². The second-order valence-electron chi connectivity index (χ2n) is 8.04. The lowest BCUT2D eigenvalue weighted by Gasteiger charge is -2.34. The second-order valence-corrected chi connectivity index (χ2v) is 8.04. The minimum Gasteiger partial charge on any atom is -0.465 e. The molecule has 2 rings (SSSR count). The van der Waals surface area contributed by atoms with Gasteiger partial charge in [-0.2, -0.15) is 0 Å². The van der Waals surface area contributed by atoms with Gasteiger partial charge in [0.2, 0.25) is 0 Å². The average molecular weight is 292 g/mol. The lowest BCUT2D eigenvalue weighted by molar-refractivity contribution is 0.126. The van der Waals surface area contributed by atoms with Gasteiger partial charge in [-0.05, 0) is 52.0 Å². The summed E-state index contributed by atoms with van der Waals surface area (Å²) < 4.78 is 5.97. The van der Waals surface area contributed by atoms with Crippen LogP contribution in [0.15, 0.2) is 10.5 Å². The summed E-state index contributed by atoms with van der Waals surface area (Å²) in [6.45, 7) is 17.6. The van der Waals surface area contributed by atoms with Gasteiger partial charge in [0, 0.05) is 30.7 Å². The molecule has 2 unspecified atom stereocenters. The molecule has 0 aliphatic carbocycles.